The monoisotopic (exact) mass is 132 g/mol. The number of rotatable bonds is 5. The molecule has 0 aromatic rings. The van der Waals surface area contributed by atoms with Crippen LogP contribution in [0.2, 0.25) is 6.04 Å². The second-order valence-corrected chi connectivity index (χ2v) is 3.13. The Hall–Kier alpha value is 0.137. The number of hydrogen-bond donors (Lipinski definition) is 2. The van der Waals surface area contributed by atoms with Crippen LogP contribution in [0.3, 0.4) is 0 Å². The van der Waals surface area contributed by atoms with Crippen molar-refractivity contribution in [2.75, 3.05) is 13.1 Å². The summed E-state index contributed by atoms with van der Waals surface area (Å²) in [5.41, 5.74) is 0. The molecule has 0 saturated carbocycles. The SMILES string of the molecule is CCNCCC[SiH2]N. The van der Waals surface area contributed by atoms with Gasteiger partial charge in [0.2, 0.25) is 0 Å². The van der Waals surface area contributed by atoms with Crippen molar-refractivity contribution < 1.29 is 0 Å². The first-order chi connectivity index (χ1) is 3.91. The van der Waals surface area contributed by atoms with E-state index in [4.69, 9.17) is 5.40 Å². The summed E-state index contributed by atoms with van der Waals surface area (Å²) in [5.74, 6) is 0. The molecule has 0 amide bonds. The lowest BCUT2D eigenvalue weighted by Crippen LogP contribution is -2.15. The van der Waals surface area contributed by atoms with Gasteiger partial charge < -0.3 is 10.7 Å². The summed E-state index contributed by atoms with van der Waals surface area (Å²) in [6.07, 6.45) is 1.27. The third-order valence-corrected chi connectivity index (χ3v) is 1.97. The minimum Gasteiger partial charge on any atom is -0.356 e. The molecular weight excluding hydrogens is 116 g/mol. The van der Waals surface area contributed by atoms with Gasteiger partial charge in [0.1, 0.15) is 0 Å². The van der Waals surface area contributed by atoms with E-state index in [1.165, 1.54) is 12.5 Å². The van der Waals surface area contributed by atoms with Crippen molar-refractivity contribution in [3.63, 3.8) is 0 Å². The topological polar surface area (TPSA) is 38.0 Å². The summed E-state index contributed by atoms with van der Waals surface area (Å²) in [5, 5.41) is 8.67. The number of hydrogen-bond acceptors (Lipinski definition) is 2. The molecule has 0 aromatic carbocycles. The standard InChI is InChI=1S/C5H16N2Si/c1-2-7-4-3-5-8-6/h7H,2-6,8H2,1H3. The van der Waals surface area contributed by atoms with Gasteiger partial charge in [-0.3, -0.25) is 0 Å². The van der Waals surface area contributed by atoms with Crippen LogP contribution < -0.4 is 10.7 Å². The van der Waals surface area contributed by atoms with E-state index >= 15 is 0 Å². The fourth-order valence-electron chi connectivity index (χ4n) is 0.571. The molecule has 3 heteroatoms. The van der Waals surface area contributed by atoms with Gasteiger partial charge in [-0.25, -0.2) is 0 Å². The lowest BCUT2D eigenvalue weighted by molar-refractivity contribution is 0.702. The zero-order chi connectivity index (χ0) is 6.24. The van der Waals surface area contributed by atoms with Crippen LogP contribution in [0.4, 0.5) is 0 Å². The molecule has 0 aliphatic rings. The van der Waals surface area contributed by atoms with Crippen LogP contribution in [0.25, 0.3) is 0 Å². The first kappa shape index (κ1) is 8.14. The van der Waals surface area contributed by atoms with Crippen molar-refractivity contribution in [3.8, 4) is 0 Å². The van der Waals surface area contributed by atoms with E-state index in [-0.39, 0.29) is 9.68 Å². The van der Waals surface area contributed by atoms with Gasteiger partial charge in [-0.1, -0.05) is 6.92 Å². The zero-order valence-electron chi connectivity index (χ0n) is 5.61. The molecule has 0 rings (SSSR count). The van der Waals surface area contributed by atoms with E-state index in [1.807, 2.05) is 0 Å². The summed E-state index contributed by atoms with van der Waals surface area (Å²) in [6, 6.07) is 1.28. The van der Waals surface area contributed by atoms with Crippen molar-refractivity contribution in [2.24, 2.45) is 5.40 Å². The highest BCUT2D eigenvalue weighted by molar-refractivity contribution is 6.30. The van der Waals surface area contributed by atoms with E-state index in [0.29, 0.717) is 0 Å². The number of nitrogens with one attached hydrogen (secondary N) is 1. The third-order valence-electron chi connectivity index (χ3n) is 1.06. The fraction of sp³-hybridized carbons (Fsp3) is 1.00. The van der Waals surface area contributed by atoms with Gasteiger partial charge in [0, 0.05) is 0 Å². The van der Waals surface area contributed by atoms with Crippen LogP contribution in [0.15, 0.2) is 0 Å². The Morgan fingerprint density at radius 1 is 1.62 bits per heavy atom. The maximum Gasteiger partial charge on any atom is 0.0888 e. The first-order valence-corrected chi connectivity index (χ1v) is 5.14. The van der Waals surface area contributed by atoms with Crippen LogP contribution in [-0.2, 0) is 0 Å². The Balaban J connectivity index is 2.53. The Kier molecular flexibility index (Phi) is 7.26. The Bertz CT molecular complexity index is 35.4. The summed E-state index contributed by atoms with van der Waals surface area (Å²) in [4.78, 5) is 0. The maximum absolute atomic E-state index is 5.42. The number of nitrogens with two attached hydrogens (primary N) is 1. The molecule has 50 valence electrons. The molecule has 0 spiro atoms. The van der Waals surface area contributed by atoms with Crippen LogP contribution >= 0.6 is 0 Å². The lowest BCUT2D eigenvalue weighted by atomic mass is 10.5. The third kappa shape index (κ3) is 6.14. The molecule has 2 nitrogen and oxygen atoms in total. The normalized spacial score (nSPS) is 11.2. The molecular formula is C5H16N2Si. The summed E-state index contributed by atoms with van der Waals surface area (Å²) in [7, 11) is -0.154. The maximum atomic E-state index is 5.42. The molecule has 0 heterocycles. The fourth-order valence-corrected chi connectivity index (χ4v) is 1.11. The lowest BCUT2D eigenvalue weighted by Gasteiger charge is -1.96. The summed E-state index contributed by atoms with van der Waals surface area (Å²) in [6.45, 7) is 4.37. The molecule has 0 aromatic heterocycles. The van der Waals surface area contributed by atoms with Gasteiger partial charge in [0.25, 0.3) is 0 Å². The van der Waals surface area contributed by atoms with Gasteiger partial charge in [-0.05, 0) is 25.6 Å². The van der Waals surface area contributed by atoms with Crippen molar-refractivity contribution in [3.05, 3.63) is 0 Å². The van der Waals surface area contributed by atoms with Crippen LogP contribution in [-0.4, -0.2) is 22.8 Å². The van der Waals surface area contributed by atoms with Gasteiger partial charge >= 0.3 is 0 Å². The highest BCUT2D eigenvalue weighted by Gasteiger charge is 1.82. The molecule has 0 unspecified atom stereocenters. The summed E-state index contributed by atoms with van der Waals surface area (Å²) >= 11 is 0. The average molecular weight is 132 g/mol. The van der Waals surface area contributed by atoms with Gasteiger partial charge in [-0.2, -0.15) is 0 Å². The zero-order valence-corrected chi connectivity index (χ0v) is 7.03. The highest BCUT2D eigenvalue weighted by atomic mass is 28.2. The minimum absolute atomic E-state index is 0.154. The smallest absolute Gasteiger partial charge is 0.0888 e. The molecule has 0 atom stereocenters. The molecule has 0 radical (unpaired) electrons. The van der Waals surface area contributed by atoms with Crippen molar-refractivity contribution in [1.82, 2.24) is 5.32 Å². The van der Waals surface area contributed by atoms with Gasteiger partial charge in [0.05, 0.1) is 9.68 Å². The molecule has 0 saturated heterocycles. The van der Waals surface area contributed by atoms with Crippen molar-refractivity contribution in [1.29, 1.82) is 0 Å². The quantitative estimate of drug-likeness (QED) is 0.389. The second-order valence-electron chi connectivity index (χ2n) is 1.85. The van der Waals surface area contributed by atoms with E-state index in [1.54, 1.807) is 0 Å². The van der Waals surface area contributed by atoms with Crippen molar-refractivity contribution in [2.45, 2.75) is 19.4 Å². The largest absolute Gasteiger partial charge is 0.356 e. The Labute approximate surface area is 53.7 Å². The second kappa shape index (κ2) is 7.14. The van der Waals surface area contributed by atoms with Crippen molar-refractivity contribution >= 4 is 9.68 Å². The predicted octanol–water partition coefficient (Wildman–Crippen LogP) is -0.553. The van der Waals surface area contributed by atoms with E-state index in [9.17, 15) is 0 Å². The van der Waals surface area contributed by atoms with Gasteiger partial charge in [0.15, 0.2) is 0 Å². The van der Waals surface area contributed by atoms with Crippen LogP contribution in [0.5, 0.6) is 0 Å². The predicted molar refractivity (Wildman–Crippen MR) is 40.7 cm³/mol. The van der Waals surface area contributed by atoms with E-state index < -0.39 is 0 Å². The molecule has 8 heavy (non-hydrogen) atoms. The molecule has 0 aliphatic carbocycles. The first-order valence-electron chi connectivity index (χ1n) is 3.32. The van der Waals surface area contributed by atoms with Crippen LogP contribution in [0.1, 0.15) is 13.3 Å². The van der Waals surface area contributed by atoms with E-state index in [2.05, 4.69) is 12.2 Å². The summed E-state index contributed by atoms with van der Waals surface area (Å²) < 4.78 is 0. The average Bonchev–Trinajstić information content (AvgIpc) is 1.81. The molecule has 3 N–H and O–H groups in total. The minimum atomic E-state index is -0.154. The van der Waals surface area contributed by atoms with Crippen LogP contribution in [0, 0.1) is 0 Å². The molecule has 0 fully saturated rings. The Morgan fingerprint density at radius 2 is 2.38 bits per heavy atom. The molecule has 0 bridgehead atoms. The van der Waals surface area contributed by atoms with Gasteiger partial charge in [-0.15, -0.1) is 0 Å². The highest BCUT2D eigenvalue weighted by Crippen LogP contribution is 1.80. The molecule has 0 aliphatic heterocycles. The van der Waals surface area contributed by atoms with E-state index in [0.717, 1.165) is 13.1 Å². The Morgan fingerprint density at radius 3 is 2.88 bits per heavy atom.